The van der Waals surface area contributed by atoms with Crippen molar-refractivity contribution in [3.8, 4) is 0 Å². The lowest BCUT2D eigenvalue weighted by Gasteiger charge is -2.21. The van der Waals surface area contributed by atoms with E-state index >= 15 is 0 Å². The molecule has 0 saturated heterocycles. The number of nitrogens with one attached hydrogen (secondary N) is 1. The summed E-state index contributed by atoms with van der Waals surface area (Å²) in [5.74, 6) is 0.922. The average Bonchev–Trinajstić information content (AvgIpc) is 2.29. The standard InChI is InChI=1S/C12H18BrN3/c1-4-15-12(14-2)16(3)9-10-5-7-11(13)8-6-10/h5-8H,4,9H2,1-3H3,(H,14,15). The maximum atomic E-state index is 4.21. The lowest BCUT2D eigenvalue weighted by Crippen LogP contribution is -2.38. The third-order valence-electron chi connectivity index (χ3n) is 2.24. The van der Waals surface area contributed by atoms with Crippen LogP contribution < -0.4 is 5.32 Å². The quantitative estimate of drug-likeness (QED) is 0.682. The Hall–Kier alpha value is -1.03. The highest BCUT2D eigenvalue weighted by Crippen LogP contribution is 2.11. The number of aliphatic imine (C=N–C) groups is 1. The second-order valence-electron chi connectivity index (χ2n) is 3.56. The van der Waals surface area contributed by atoms with E-state index < -0.39 is 0 Å². The van der Waals surface area contributed by atoms with Crippen molar-refractivity contribution in [2.45, 2.75) is 13.5 Å². The average molecular weight is 284 g/mol. The van der Waals surface area contributed by atoms with E-state index in [2.05, 4.69) is 62.3 Å². The van der Waals surface area contributed by atoms with Gasteiger partial charge in [-0.3, -0.25) is 4.99 Å². The molecule has 1 aromatic rings. The molecule has 0 aromatic heterocycles. The zero-order valence-electron chi connectivity index (χ0n) is 10.00. The molecule has 0 saturated carbocycles. The molecule has 0 spiro atoms. The summed E-state index contributed by atoms with van der Waals surface area (Å²) in [5, 5.41) is 3.23. The van der Waals surface area contributed by atoms with Crippen LogP contribution in [0.2, 0.25) is 0 Å². The van der Waals surface area contributed by atoms with Crippen LogP contribution in [-0.2, 0) is 6.54 Å². The zero-order chi connectivity index (χ0) is 12.0. The Balaban J connectivity index is 2.62. The fourth-order valence-electron chi connectivity index (χ4n) is 1.48. The maximum Gasteiger partial charge on any atom is 0.193 e. The van der Waals surface area contributed by atoms with Gasteiger partial charge in [0.15, 0.2) is 5.96 Å². The molecule has 0 amide bonds. The van der Waals surface area contributed by atoms with Crippen molar-refractivity contribution in [3.05, 3.63) is 34.3 Å². The summed E-state index contributed by atoms with van der Waals surface area (Å²) in [6, 6.07) is 8.33. The van der Waals surface area contributed by atoms with Gasteiger partial charge in [-0.1, -0.05) is 28.1 Å². The molecule has 1 N–H and O–H groups in total. The normalized spacial score (nSPS) is 11.4. The smallest absolute Gasteiger partial charge is 0.193 e. The summed E-state index contributed by atoms with van der Waals surface area (Å²) in [5.41, 5.74) is 1.27. The lowest BCUT2D eigenvalue weighted by molar-refractivity contribution is 0.479. The minimum atomic E-state index is 0.854. The first-order valence-electron chi connectivity index (χ1n) is 5.33. The molecule has 88 valence electrons. The second kappa shape index (κ2) is 6.53. The van der Waals surface area contributed by atoms with E-state index in [1.54, 1.807) is 7.05 Å². The Bertz CT molecular complexity index is 346. The van der Waals surface area contributed by atoms with E-state index in [0.29, 0.717) is 0 Å². The zero-order valence-corrected chi connectivity index (χ0v) is 11.6. The number of nitrogens with zero attached hydrogens (tertiary/aromatic N) is 2. The predicted octanol–water partition coefficient (Wildman–Crippen LogP) is 2.48. The van der Waals surface area contributed by atoms with Crippen LogP contribution in [-0.4, -0.2) is 31.5 Å². The molecule has 0 aliphatic rings. The number of hydrogen-bond donors (Lipinski definition) is 1. The van der Waals surface area contributed by atoms with E-state index in [9.17, 15) is 0 Å². The van der Waals surface area contributed by atoms with Crippen LogP contribution >= 0.6 is 15.9 Å². The van der Waals surface area contributed by atoms with Crippen molar-refractivity contribution in [1.82, 2.24) is 10.2 Å². The molecule has 16 heavy (non-hydrogen) atoms. The molecular formula is C12H18BrN3. The van der Waals surface area contributed by atoms with Crippen molar-refractivity contribution < 1.29 is 0 Å². The Labute approximate surface area is 106 Å². The summed E-state index contributed by atoms with van der Waals surface area (Å²) in [6.45, 7) is 3.81. The summed E-state index contributed by atoms with van der Waals surface area (Å²) in [4.78, 5) is 6.32. The molecule has 0 heterocycles. The fraction of sp³-hybridized carbons (Fsp3) is 0.417. The highest BCUT2D eigenvalue weighted by molar-refractivity contribution is 9.10. The van der Waals surface area contributed by atoms with Gasteiger partial charge < -0.3 is 10.2 Å². The van der Waals surface area contributed by atoms with Gasteiger partial charge in [0.05, 0.1) is 0 Å². The number of halogens is 1. The van der Waals surface area contributed by atoms with E-state index in [-0.39, 0.29) is 0 Å². The first kappa shape index (κ1) is 13.0. The van der Waals surface area contributed by atoms with Crippen LogP contribution in [0, 0.1) is 0 Å². The van der Waals surface area contributed by atoms with Gasteiger partial charge in [-0.25, -0.2) is 0 Å². The maximum absolute atomic E-state index is 4.21. The molecule has 3 nitrogen and oxygen atoms in total. The first-order chi connectivity index (χ1) is 7.67. The Morgan fingerprint density at radius 3 is 2.50 bits per heavy atom. The third-order valence-corrected chi connectivity index (χ3v) is 2.77. The number of benzene rings is 1. The largest absolute Gasteiger partial charge is 0.357 e. The molecule has 0 radical (unpaired) electrons. The summed E-state index contributed by atoms with van der Waals surface area (Å²) >= 11 is 3.43. The minimum absolute atomic E-state index is 0.854. The van der Waals surface area contributed by atoms with Gasteiger partial charge in [0.25, 0.3) is 0 Å². The summed E-state index contributed by atoms with van der Waals surface area (Å²) in [6.07, 6.45) is 0. The van der Waals surface area contributed by atoms with Crippen molar-refractivity contribution in [2.75, 3.05) is 20.6 Å². The molecule has 0 aliphatic heterocycles. The number of rotatable bonds is 3. The molecular weight excluding hydrogens is 266 g/mol. The van der Waals surface area contributed by atoms with Crippen molar-refractivity contribution >= 4 is 21.9 Å². The van der Waals surface area contributed by atoms with Crippen molar-refractivity contribution in [2.24, 2.45) is 4.99 Å². The van der Waals surface area contributed by atoms with Gasteiger partial charge in [0, 0.05) is 31.7 Å². The molecule has 0 bridgehead atoms. The third kappa shape index (κ3) is 3.85. The molecule has 0 unspecified atom stereocenters. The van der Waals surface area contributed by atoms with Gasteiger partial charge in [-0.15, -0.1) is 0 Å². The molecule has 4 heteroatoms. The highest BCUT2D eigenvalue weighted by Gasteiger charge is 2.04. The van der Waals surface area contributed by atoms with Crippen molar-refractivity contribution in [3.63, 3.8) is 0 Å². The molecule has 0 fully saturated rings. The topological polar surface area (TPSA) is 27.6 Å². The molecule has 1 rings (SSSR count). The number of guanidine groups is 1. The van der Waals surface area contributed by atoms with E-state index in [4.69, 9.17) is 0 Å². The Morgan fingerprint density at radius 2 is 2.00 bits per heavy atom. The predicted molar refractivity (Wildman–Crippen MR) is 72.6 cm³/mol. The highest BCUT2D eigenvalue weighted by atomic mass is 79.9. The van der Waals surface area contributed by atoms with E-state index in [1.165, 1.54) is 5.56 Å². The van der Waals surface area contributed by atoms with Crippen LogP contribution in [0.25, 0.3) is 0 Å². The fourth-order valence-corrected chi connectivity index (χ4v) is 1.75. The van der Waals surface area contributed by atoms with Crippen LogP contribution in [0.4, 0.5) is 0 Å². The monoisotopic (exact) mass is 283 g/mol. The summed E-state index contributed by atoms with van der Waals surface area (Å²) in [7, 11) is 3.84. The van der Waals surface area contributed by atoms with Gasteiger partial charge in [-0.2, -0.15) is 0 Å². The Morgan fingerprint density at radius 1 is 1.38 bits per heavy atom. The van der Waals surface area contributed by atoms with E-state index in [0.717, 1.165) is 23.5 Å². The van der Waals surface area contributed by atoms with Crippen LogP contribution in [0.15, 0.2) is 33.7 Å². The summed E-state index contributed by atoms with van der Waals surface area (Å²) < 4.78 is 1.11. The van der Waals surface area contributed by atoms with Crippen LogP contribution in [0.3, 0.4) is 0 Å². The van der Waals surface area contributed by atoms with Crippen molar-refractivity contribution in [1.29, 1.82) is 0 Å². The van der Waals surface area contributed by atoms with Crippen LogP contribution in [0.1, 0.15) is 12.5 Å². The van der Waals surface area contributed by atoms with Gasteiger partial charge in [-0.05, 0) is 24.6 Å². The second-order valence-corrected chi connectivity index (χ2v) is 4.48. The number of hydrogen-bond acceptors (Lipinski definition) is 1. The Kier molecular flexibility index (Phi) is 5.32. The van der Waals surface area contributed by atoms with Gasteiger partial charge in [0.2, 0.25) is 0 Å². The van der Waals surface area contributed by atoms with Gasteiger partial charge in [0.1, 0.15) is 0 Å². The van der Waals surface area contributed by atoms with E-state index in [1.807, 2.05) is 7.05 Å². The SMILES string of the molecule is CCNC(=NC)N(C)Cc1ccc(Br)cc1. The molecule has 0 aliphatic carbocycles. The van der Waals surface area contributed by atoms with Crippen LogP contribution in [0.5, 0.6) is 0 Å². The van der Waals surface area contributed by atoms with Gasteiger partial charge >= 0.3 is 0 Å². The first-order valence-corrected chi connectivity index (χ1v) is 6.13. The molecule has 1 aromatic carbocycles. The minimum Gasteiger partial charge on any atom is -0.357 e. The lowest BCUT2D eigenvalue weighted by atomic mass is 10.2. The molecule has 0 atom stereocenters.